The summed E-state index contributed by atoms with van der Waals surface area (Å²) in [4.78, 5) is 27.9. The Labute approximate surface area is 250 Å². The number of benzene rings is 2. The molecule has 2 unspecified atom stereocenters. The van der Waals surface area contributed by atoms with E-state index in [0.29, 0.717) is 32.8 Å². The molecule has 0 saturated carbocycles. The molecule has 2 aliphatic rings. The molecule has 2 aromatic heterocycles. The van der Waals surface area contributed by atoms with E-state index in [1.165, 1.54) is 39.1 Å². The van der Waals surface area contributed by atoms with Gasteiger partial charge < -0.3 is 9.64 Å². The molecule has 42 heavy (non-hydrogen) atoms. The number of aryl methyl sites for hydroxylation is 1. The lowest BCUT2D eigenvalue weighted by molar-refractivity contribution is -0.154. The van der Waals surface area contributed by atoms with Crippen LogP contribution in [0.4, 0.5) is 8.78 Å². The average molecular weight is 612 g/mol. The van der Waals surface area contributed by atoms with Crippen molar-refractivity contribution in [2.24, 2.45) is 5.92 Å². The molecule has 0 N–H and O–H groups in total. The molecule has 1 fully saturated rings. The van der Waals surface area contributed by atoms with E-state index in [9.17, 15) is 9.59 Å². The molecule has 218 valence electrons. The molecule has 4 aromatic rings. The van der Waals surface area contributed by atoms with Gasteiger partial charge in [-0.25, -0.2) is 8.78 Å². The number of piperidine rings is 1. The number of rotatable bonds is 6. The second-order valence-corrected chi connectivity index (χ2v) is 12.0. The standard InChI is InChI=1S/C30H28ClF2N5O3S/c1-18-12-26(39)38-24(16-42-29(38)27(18)19-6-4-3-5-7-19)28(40)36-11-10-20(30(32,33)17-36)14-37-15-23(34-35-37)22-13-21(31)8-9-25(22)41-2/h3-9,12-13,15,20,24H,10-11,14,16-17H2,1-2H3. The van der Waals surface area contributed by atoms with Crippen LogP contribution in [0.15, 0.2) is 70.6 Å². The normalized spacial score (nSPS) is 19.5. The summed E-state index contributed by atoms with van der Waals surface area (Å²) in [5.74, 6) is -3.80. The van der Waals surface area contributed by atoms with Gasteiger partial charge in [0.05, 0.1) is 31.4 Å². The lowest BCUT2D eigenvalue weighted by Gasteiger charge is -2.39. The number of amides is 1. The summed E-state index contributed by atoms with van der Waals surface area (Å²) in [7, 11) is 1.52. The van der Waals surface area contributed by atoms with Gasteiger partial charge in [-0.3, -0.25) is 18.8 Å². The minimum atomic E-state index is -3.16. The zero-order chi connectivity index (χ0) is 29.6. The summed E-state index contributed by atoms with van der Waals surface area (Å²) in [6.45, 7) is 1.25. The number of likely N-dealkylation sites (tertiary alicyclic amines) is 1. The third-order valence-corrected chi connectivity index (χ3v) is 9.27. The monoisotopic (exact) mass is 611 g/mol. The number of fused-ring (bicyclic) bond motifs is 1. The van der Waals surface area contributed by atoms with Crippen molar-refractivity contribution in [3.63, 3.8) is 0 Å². The Morgan fingerprint density at radius 2 is 1.98 bits per heavy atom. The number of hydrogen-bond acceptors (Lipinski definition) is 6. The number of alkyl halides is 2. The van der Waals surface area contributed by atoms with Gasteiger partial charge in [0.25, 0.3) is 11.5 Å². The average Bonchev–Trinajstić information content (AvgIpc) is 3.62. The van der Waals surface area contributed by atoms with Gasteiger partial charge in [-0.2, -0.15) is 0 Å². The Hall–Kier alpha value is -3.70. The number of methoxy groups -OCH3 is 1. The molecule has 12 heteroatoms. The van der Waals surface area contributed by atoms with Crippen LogP contribution in [0.1, 0.15) is 18.0 Å². The topological polar surface area (TPSA) is 82.2 Å². The number of aromatic nitrogens is 4. The summed E-state index contributed by atoms with van der Waals surface area (Å²) >= 11 is 7.54. The number of carbonyl (C=O) groups is 1. The van der Waals surface area contributed by atoms with Crippen molar-refractivity contribution in [3.05, 3.63) is 81.7 Å². The van der Waals surface area contributed by atoms with Gasteiger partial charge in [-0.05, 0) is 42.7 Å². The Kier molecular flexibility index (Phi) is 7.57. The fraction of sp³-hybridized carbons (Fsp3) is 0.333. The van der Waals surface area contributed by atoms with Crippen LogP contribution in [0, 0.1) is 12.8 Å². The third kappa shape index (κ3) is 5.20. The van der Waals surface area contributed by atoms with Crippen LogP contribution in [0.5, 0.6) is 5.75 Å². The van der Waals surface area contributed by atoms with Crippen LogP contribution in [0.25, 0.3) is 22.4 Å². The summed E-state index contributed by atoms with van der Waals surface area (Å²) in [6, 6.07) is 15.4. The number of ether oxygens (including phenoxy) is 1. The SMILES string of the molecule is COc1ccc(Cl)cc1-c1cn(CC2CCN(C(=O)C3CSc4c(-c5ccccc5)c(C)cc(=O)n43)CC2(F)F)nn1. The predicted molar refractivity (Wildman–Crippen MR) is 157 cm³/mol. The maximum Gasteiger partial charge on any atom is 0.269 e. The van der Waals surface area contributed by atoms with E-state index in [1.807, 2.05) is 37.3 Å². The lowest BCUT2D eigenvalue weighted by Crippen LogP contribution is -2.53. The molecular weight excluding hydrogens is 584 g/mol. The van der Waals surface area contributed by atoms with Crippen LogP contribution in [-0.4, -0.2) is 62.2 Å². The minimum Gasteiger partial charge on any atom is -0.496 e. The van der Waals surface area contributed by atoms with Gasteiger partial charge in [0.2, 0.25) is 5.91 Å². The Morgan fingerprint density at radius 3 is 2.71 bits per heavy atom. The zero-order valence-electron chi connectivity index (χ0n) is 23.0. The van der Waals surface area contributed by atoms with Crippen molar-refractivity contribution in [3.8, 4) is 28.1 Å². The van der Waals surface area contributed by atoms with E-state index in [2.05, 4.69) is 10.3 Å². The molecule has 1 amide bonds. The first kappa shape index (κ1) is 28.4. The molecule has 6 rings (SSSR count). The smallest absolute Gasteiger partial charge is 0.269 e. The van der Waals surface area contributed by atoms with Gasteiger partial charge in [0.1, 0.15) is 17.5 Å². The highest BCUT2D eigenvalue weighted by atomic mass is 35.5. The second-order valence-electron chi connectivity index (χ2n) is 10.6. The van der Waals surface area contributed by atoms with Gasteiger partial charge in [0, 0.05) is 40.4 Å². The largest absolute Gasteiger partial charge is 0.496 e. The molecule has 1 saturated heterocycles. The Bertz CT molecular complexity index is 1710. The number of pyridine rings is 1. The molecule has 2 atom stereocenters. The Balaban J connectivity index is 1.19. The number of halogens is 3. The number of thioether (sulfide) groups is 1. The quantitative estimate of drug-likeness (QED) is 0.283. The van der Waals surface area contributed by atoms with E-state index in [4.69, 9.17) is 16.3 Å². The zero-order valence-corrected chi connectivity index (χ0v) is 24.5. The van der Waals surface area contributed by atoms with Crippen molar-refractivity contribution in [1.29, 1.82) is 0 Å². The van der Waals surface area contributed by atoms with Crippen LogP contribution < -0.4 is 10.3 Å². The summed E-state index contributed by atoms with van der Waals surface area (Å²) in [5.41, 5.74) is 3.41. The Morgan fingerprint density at radius 1 is 1.19 bits per heavy atom. The maximum atomic E-state index is 15.5. The van der Waals surface area contributed by atoms with E-state index < -0.39 is 30.3 Å². The fourth-order valence-corrected chi connectivity index (χ4v) is 7.31. The molecule has 4 heterocycles. The molecule has 2 aliphatic heterocycles. The van der Waals surface area contributed by atoms with E-state index in [1.54, 1.807) is 24.4 Å². The molecule has 0 aliphatic carbocycles. The van der Waals surface area contributed by atoms with Crippen LogP contribution in [-0.2, 0) is 11.3 Å². The highest BCUT2D eigenvalue weighted by molar-refractivity contribution is 7.99. The van der Waals surface area contributed by atoms with Crippen molar-refractivity contribution in [2.75, 3.05) is 26.0 Å². The van der Waals surface area contributed by atoms with Crippen molar-refractivity contribution in [1.82, 2.24) is 24.5 Å². The molecule has 8 nitrogen and oxygen atoms in total. The second kappa shape index (κ2) is 11.2. The molecule has 0 radical (unpaired) electrons. The van der Waals surface area contributed by atoms with Crippen molar-refractivity contribution >= 4 is 29.3 Å². The van der Waals surface area contributed by atoms with Gasteiger partial charge >= 0.3 is 0 Å². The minimum absolute atomic E-state index is 0.0633. The first-order valence-electron chi connectivity index (χ1n) is 13.5. The van der Waals surface area contributed by atoms with Crippen molar-refractivity contribution < 1.29 is 18.3 Å². The fourth-order valence-electron chi connectivity index (χ4n) is 5.75. The predicted octanol–water partition coefficient (Wildman–Crippen LogP) is 5.58. The van der Waals surface area contributed by atoms with Crippen molar-refractivity contribution in [2.45, 2.75) is 36.9 Å². The lowest BCUT2D eigenvalue weighted by atomic mass is 9.92. The van der Waals surface area contributed by atoms with Gasteiger partial charge in [0.15, 0.2) is 0 Å². The summed E-state index contributed by atoms with van der Waals surface area (Å²) in [6.07, 6.45) is 1.67. The molecule has 0 bridgehead atoms. The van der Waals surface area contributed by atoms with Crippen LogP contribution >= 0.6 is 23.4 Å². The maximum absolute atomic E-state index is 15.5. The molecule has 0 spiro atoms. The first-order chi connectivity index (χ1) is 20.2. The first-order valence-corrected chi connectivity index (χ1v) is 14.9. The number of hydrogen-bond donors (Lipinski definition) is 0. The highest BCUT2D eigenvalue weighted by Crippen LogP contribution is 2.42. The molecular formula is C30H28ClF2N5O3S. The van der Waals surface area contributed by atoms with E-state index in [0.717, 1.165) is 16.7 Å². The summed E-state index contributed by atoms with van der Waals surface area (Å²) in [5, 5.41) is 9.39. The number of nitrogens with zero attached hydrogens (tertiary/aromatic N) is 5. The number of carbonyl (C=O) groups excluding carboxylic acids is 1. The highest BCUT2D eigenvalue weighted by Gasteiger charge is 2.48. The van der Waals surface area contributed by atoms with Crippen LogP contribution in [0.3, 0.4) is 0 Å². The van der Waals surface area contributed by atoms with E-state index in [-0.39, 0.29) is 25.1 Å². The molecule has 2 aromatic carbocycles. The van der Waals surface area contributed by atoms with Gasteiger partial charge in [-0.1, -0.05) is 47.1 Å². The third-order valence-electron chi connectivity index (χ3n) is 7.88. The van der Waals surface area contributed by atoms with Gasteiger partial charge in [-0.15, -0.1) is 16.9 Å². The van der Waals surface area contributed by atoms with Crippen LogP contribution in [0.2, 0.25) is 5.02 Å². The summed E-state index contributed by atoms with van der Waals surface area (Å²) < 4.78 is 39.2. The van der Waals surface area contributed by atoms with E-state index >= 15 is 8.78 Å².